The summed E-state index contributed by atoms with van der Waals surface area (Å²) in [5.74, 6) is 0.547. The van der Waals surface area contributed by atoms with Gasteiger partial charge >= 0.3 is 0 Å². The van der Waals surface area contributed by atoms with Crippen molar-refractivity contribution in [3.63, 3.8) is 0 Å². The second-order valence-corrected chi connectivity index (χ2v) is 4.38. The largest absolute Gasteiger partial charge is 0.354 e. The molecule has 19 heavy (non-hydrogen) atoms. The summed E-state index contributed by atoms with van der Waals surface area (Å²) in [6.45, 7) is 1.29. The van der Waals surface area contributed by atoms with Crippen LogP contribution in [-0.2, 0) is 13.1 Å². The van der Waals surface area contributed by atoms with Crippen molar-refractivity contribution < 1.29 is 4.39 Å². The fourth-order valence-corrected chi connectivity index (χ4v) is 1.81. The zero-order chi connectivity index (χ0) is 13.7. The average molecular weight is 260 g/mol. The van der Waals surface area contributed by atoms with E-state index in [1.807, 2.05) is 25.1 Å². The fraction of sp³-hybridized carbons (Fsp3) is 0.286. The highest BCUT2D eigenvalue weighted by molar-refractivity contribution is 5.36. The number of halogens is 1. The molecule has 0 aliphatic carbocycles. The highest BCUT2D eigenvalue weighted by Crippen LogP contribution is 2.12. The Bertz CT molecular complexity index is 527. The molecule has 0 fully saturated rings. The molecule has 0 bridgehead atoms. The minimum Gasteiger partial charge on any atom is -0.354 e. The molecule has 0 aliphatic rings. The molecule has 2 rings (SSSR count). The molecule has 100 valence electrons. The van der Waals surface area contributed by atoms with Crippen molar-refractivity contribution >= 4 is 5.82 Å². The Morgan fingerprint density at radius 2 is 2.11 bits per heavy atom. The molecule has 1 aromatic heterocycles. The Balaban J connectivity index is 2.05. The van der Waals surface area contributed by atoms with Gasteiger partial charge in [0, 0.05) is 20.1 Å². The van der Waals surface area contributed by atoms with E-state index in [4.69, 9.17) is 0 Å². The molecule has 1 heterocycles. The van der Waals surface area contributed by atoms with Gasteiger partial charge in [0.25, 0.3) is 0 Å². The van der Waals surface area contributed by atoms with Gasteiger partial charge in [-0.05, 0) is 24.7 Å². The van der Waals surface area contributed by atoms with E-state index in [0.29, 0.717) is 13.1 Å². The quantitative estimate of drug-likeness (QED) is 0.892. The first-order valence-electron chi connectivity index (χ1n) is 6.10. The van der Waals surface area contributed by atoms with Gasteiger partial charge in [-0.3, -0.25) is 4.98 Å². The van der Waals surface area contributed by atoms with Crippen LogP contribution in [0.5, 0.6) is 0 Å². The maximum absolute atomic E-state index is 13.1. The van der Waals surface area contributed by atoms with Crippen LogP contribution in [0, 0.1) is 5.82 Å². The minimum atomic E-state index is -0.221. The molecular formula is C14H17FN4. The highest BCUT2D eigenvalue weighted by atomic mass is 19.1. The van der Waals surface area contributed by atoms with Crippen molar-refractivity contribution in [3.05, 3.63) is 53.7 Å². The number of aromatic nitrogens is 2. The molecule has 2 aromatic rings. The maximum atomic E-state index is 13.1. The number of nitrogens with zero attached hydrogens (tertiary/aromatic N) is 3. The smallest absolute Gasteiger partial charge is 0.147 e. The Labute approximate surface area is 112 Å². The van der Waals surface area contributed by atoms with Crippen molar-refractivity contribution in [2.75, 3.05) is 19.0 Å². The van der Waals surface area contributed by atoms with Gasteiger partial charge in [0.15, 0.2) is 0 Å². The summed E-state index contributed by atoms with van der Waals surface area (Å²) < 4.78 is 13.1. The van der Waals surface area contributed by atoms with Crippen LogP contribution in [-0.4, -0.2) is 24.1 Å². The second kappa shape index (κ2) is 6.24. The molecule has 0 radical (unpaired) electrons. The van der Waals surface area contributed by atoms with Crippen LogP contribution in [0.3, 0.4) is 0 Å². The van der Waals surface area contributed by atoms with Crippen molar-refractivity contribution in [2.24, 2.45) is 0 Å². The summed E-state index contributed by atoms with van der Waals surface area (Å²) >= 11 is 0. The number of nitrogens with one attached hydrogen (secondary N) is 1. The molecule has 1 N–H and O–H groups in total. The molecule has 1 aromatic carbocycles. The topological polar surface area (TPSA) is 41.1 Å². The zero-order valence-electron chi connectivity index (χ0n) is 11.1. The van der Waals surface area contributed by atoms with Crippen LogP contribution in [0.15, 0.2) is 36.7 Å². The lowest BCUT2D eigenvalue weighted by molar-refractivity contribution is 0.625. The van der Waals surface area contributed by atoms with Gasteiger partial charge in [-0.1, -0.05) is 12.1 Å². The fourth-order valence-electron chi connectivity index (χ4n) is 1.81. The number of anilines is 1. The molecule has 0 spiro atoms. The zero-order valence-corrected chi connectivity index (χ0v) is 11.1. The number of rotatable bonds is 5. The summed E-state index contributed by atoms with van der Waals surface area (Å²) in [5, 5.41) is 3.02. The highest BCUT2D eigenvalue weighted by Gasteiger charge is 2.05. The van der Waals surface area contributed by atoms with Crippen molar-refractivity contribution in [2.45, 2.75) is 13.1 Å². The van der Waals surface area contributed by atoms with Crippen LogP contribution in [0.2, 0.25) is 0 Å². The first-order valence-corrected chi connectivity index (χ1v) is 6.10. The van der Waals surface area contributed by atoms with Gasteiger partial charge in [0.1, 0.15) is 11.6 Å². The predicted octanol–water partition coefficient (Wildman–Crippen LogP) is 1.97. The maximum Gasteiger partial charge on any atom is 0.147 e. The van der Waals surface area contributed by atoms with Crippen molar-refractivity contribution in [1.82, 2.24) is 15.3 Å². The summed E-state index contributed by atoms with van der Waals surface area (Å²) in [6, 6.07) is 6.57. The van der Waals surface area contributed by atoms with Gasteiger partial charge in [0.05, 0.1) is 18.1 Å². The Hall–Kier alpha value is -2.01. The van der Waals surface area contributed by atoms with E-state index < -0.39 is 0 Å². The van der Waals surface area contributed by atoms with Crippen molar-refractivity contribution in [1.29, 1.82) is 0 Å². The Kier molecular flexibility index (Phi) is 4.41. The molecule has 0 amide bonds. The third-order valence-electron chi connectivity index (χ3n) is 2.75. The Morgan fingerprint density at radius 3 is 2.74 bits per heavy atom. The molecule has 0 saturated carbocycles. The lowest BCUT2D eigenvalue weighted by Gasteiger charge is -2.18. The first kappa shape index (κ1) is 13.4. The van der Waals surface area contributed by atoms with E-state index >= 15 is 0 Å². The SMILES string of the molecule is CNCc1cnc(N(C)Cc2cccc(F)c2)cn1. The van der Waals surface area contributed by atoms with Crippen molar-refractivity contribution in [3.8, 4) is 0 Å². The minimum absolute atomic E-state index is 0.221. The molecule has 4 nitrogen and oxygen atoms in total. The molecular weight excluding hydrogens is 243 g/mol. The van der Waals surface area contributed by atoms with Gasteiger partial charge in [-0.2, -0.15) is 0 Å². The number of hydrogen-bond acceptors (Lipinski definition) is 4. The number of hydrogen-bond donors (Lipinski definition) is 1. The van der Waals surface area contributed by atoms with E-state index in [1.54, 1.807) is 18.5 Å². The predicted molar refractivity (Wildman–Crippen MR) is 73.3 cm³/mol. The lowest BCUT2D eigenvalue weighted by Crippen LogP contribution is -2.18. The van der Waals surface area contributed by atoms with Crippen LogP contribution in [0.25, 0.3) is 0 Å². The Morgan fingerprint density at radius 1 is 1.26 bits per heavy atom. The lowest BCUT2D eigenvalue weighted by atomic mass is 10.2. The third-order valence-corrected chi connectivity index (χ3v) is 2.75. The normalized spacial score (nSPS) is 10.5. The second-order valence-electron chi connectivity index (χ2n) is 4.38. The van der Waals surface area contributed by atoms with Crippen LogP contribution in [0.1, 0.15) is 11.3 Å². The first-order chi connectivity index (χ1) is 9.19. The number of benzene rings is 1. The molecule has 0 unspecified atom stereocenters. The molecule has 0 aliphatic heterocycles. The van der Waals surface area contributed by atoms with E-state index in [-0.39, 0.29) is 5.82 Å². The van der Waals surface area contributed by atoms with Gasteiger partial charge in [-0.15, -0.1) is 0 Å². The standard InChI is InChI=1S/C14H17FN4/c1-16-7-13-8-18-14(9-17-13)19(2)10-11-4-3-5-12(15)6-11/h3-6,8-9,16H,7,10H2,1-2H3. The average Bonchev–Trinajstić information content (AvgIpc) is 2.40. The molecule has 0 atom stereocenters. The van der Waals surface area contributed by atoms with E-state index in [0.717, 1.165) is 17.1 Å². The summed E-state index contributed by atoms with van der Waals surface area (Å²) in [7, 11) is 3.78. The molecule has 0 saturated heterocycles. The van der Waals surface area contributed by atoms with Crippen LogP contribution >= 0.6 is 0 Å². The van der Waals surface area contributed by atoms with Crippen LogP contribution < -0.4 is 10.2 Å². The van der Waals surface area contributed by atoms with Gasteiger partial charge < -0.3 is 10.2 Å². The van der Waals surface area contributed by atoms with Gasteiger partial charge in [0.2, 0.25) is 0 Å². The van der Waals surface area contributed by atoms with E-state index in [1.165, 1.54) is 12.1 Å². The summed E-state index contributed by atoms with van der Waals surface area (Å²) in [5.41, 5.74) is 1.80. The summed E-state index contributed by atoms with van der Waals surface area (Å²) in [6.07, 6.45) is 3.47. The van der Waals surface area contributed by atoms with Gasteiger partial charge in [-0.25, -0.2) is 9.37 Å². The third kappa shape index (κ3) is 3.72. The molecule has 5 heteroatoms. The summed E-state index contributed by atoms with van der Waals surface area (Å²) in [4.78, 5) is 10.6. The van der Waals surface area contributed by atoms with E-state index in [2.05, 4.69) is 15.3 Å². The van der Waals surface area contributed by atoms with E-state index in [9.17, 15) is 4.39 Å². The monoisotopic (exact) mass is 260 g/mol. The van der Waals surface area contributed by atoms with Crippen LogP contribution in [0.4, 0.5) is 10.2 Å².